The fraction of sp³-hybridized carbons (Fsp3) is 0.387. The van der Waals surface area contributed by atoms with Crippen LogP contribution in [0.25, 0.3) is 11.1 Å². The summed E-state index contributed by atoms with van der Waals surface area (Å²) in [7, 11) is 1.51. The van der Waals surface area contributed by atoms with Crippen LogP contribution in [0.3, 0.4) is 0 Å². The predicted molar refractivity (Wildman–Crippen MR) is 141 cm³/mol. The molecular weight excluding hydrogens is 490 g/mol. The first-order valence-electron chi connectivity index (χ1n) is 12.9. The zero-order valence-electron chi connectivity index (χ0n) is 22.0. The van der Waals surface area contributed by atoms with Crippen molar-refractivity contribution in [1.82, 2.24) is 0 Å². The largest absolute Gasteiger partial charge is 0.497 e. The van der Waals surface area contributed by atoms with Gasteiger partial charge in [0.2, 0.25) is 0 Å². The minimum absolute atomic E-state index is 0.0229. The second-order valence-electron chi connectivity index (χ2n) is 10.4. The topological polar surface area (TPSA) is 76.0 Å². The van der Waals surface area contributed by atoms with E-state index in [-0.39, 0.29) is 24.2 Å². The highest BCUT2D eigenvalue weighted by Gasteiger charge is 2.45. The average Bonchev–Trinajstić information content (AvgIpc) is 3.66. The van der Waals surface area contributed by atoms with Gasteiger partial charge in [-0.1, -0.05) is 44.5 Å². The van der Waals surface area contributed by atoms with E-state index in [1.165, 1.54) is 19.2 Å². The maximum Gasteiger partial charge on any atom is 0.303 e. The Hall–Kier alpha value is -3.45. The molecule has 1 aliphatic rings. The zero-order valence-corrected chi connectivity index (χ0v) is 22.0. The Morgan fingerprint density at radius 1 is 1.05 bits per heavy atom. The number of hydrogen-bond acceptors (Lipinski definition) is 4. The van der Waals surface area contributed by atoms with Gasteiger partial charge in [0.05, 0.1) is 19.6 Å². The molecule has 4 rings (SSSR count). The van der Waals surface area contributed by atoms with Crippen LogP contribution in [0.1, 0.15) is 74.7 Å². The molecule has 0 aliphatic heterocycles. The van der Waals surface area contributed by atoms with Gasteiger partial charge in [-0.2, -0.15) is 0 Å². The van der Waals surface area contributed by atoms with Gasteiger partial charge in [-0.15, -0.1) is 0 Å². The summed E-state index contributed by atoms with van der Waals surface area (Å²) in [5, 5.41) is 20.5. The summed E-state index contributed by atoms with van der Waals surface area (Å²) in [5.41, 5.74) is 2.20. The smallest absolute Gasteiger partial charge is 0.303 e. The molecule has 2 N–H and O–H groups in total. The number of carboxylic acid groups (broad SMARTS) is 1. The van der Waals surface area contributed by atoms with Crippen molar-refractivity contribution >= 4 is 5.97 Å². The standard InChI is InChI=1S/C31H34F2O5/c1-4-6-20(16-28(34)35)22-7-5-8-27(29(22)33)38-18-19-9-11-23(24-17-21(37-3)10-12-26(24)32)25(15-19)30(36)31(2)13-14-31/h5,7-12,15,17,20,30,36H,4,6,13-14,16,18H2,1-3H3,(H,34,35)/t20-,30-/m0/s1. The number of ether oxygens (including phenoxy) is 2. The van der Waals surface area contributed by atoms with Gasteiger partial charge < -0.3 is 19.7 Å². The summed E-state index contributed by atoms with van der Waals surface area (Å²) in [5.74, 6) is -1.87. The Bertz CT molecular complexity index is 1300. The molecule has 0 spiro atoms. The monoisotopic (exact) mass is 524 g/mol. The molecule has 0 aromatic heterocycles. The van der Waals surface area contributed by atoms with E-state index >= 15 is 4.39 Å². The lowest BCUT2D eigenvalue weighted by Gasteiger charge is -2.23. The van der Waals surface area contributed by atoms with Crippen LogP contribution in [0, 0.1) is 17.0 Å². The van der Waals surface area contributed by atoms with Crippen LogP contribution in [0.2, 0.25) is 0 Å². The molecule has 2 atom stereocenters. The van der Waals surface area contributed by atoms with Crippen molar-refractivity contribution in [3.63, 3.8) is 0 Å². The van der Waals surface area contributed by atoms with Crippen LogP contribution in [-0.2, 0) is 11.4 Å². The maximum atomic E-state index is 15.4. The fourth-order valence-corrected chi connectivity index (χ4v) is 4.90. The van der Waals surface area contributed by atoms with Gasteiger partial charge in [-0.3, -0.25) is 4.79 Å². The Morgan fingerprint density at radius 3 is 2.47 bits per heavy atom. The first-order chi connectivity index (χ1) is 18.2. The van der Waals surface area contributed by atoms with Crippen LogP contribution in [0.4, 0.5) is 8.78 Å². The number of aliphatic hydroxyl groups excluding tert-OH is 1. The van der Waals surface area contributed by atoms with Crippen molar-refractivity contribution in [2.45, 2.75) is 64.6 Å². The van der Waals surface area contributed by atoms with Gasteiger partial charge in [0, 0.05) is 5.56 Å². The summed E-state index contributed by atoms with van der Waals surface area (Å²) in [6.45, 7) is 3.95. The third-order valence-corrected chi connectivity index (χ3v) is 7.46. The quantitative estimate of drug-likeness (QED) is 0.258. The molecular formula is C31H34F2O5. The summed E-state index contributed by atoms with van der Waals surface area (Å²) >= 11 is 0. The van der Waals surface area contributed by atoms with E-state index < -0.39 is 29.6 Å². The molecule has 0 saturated heterocycles. The van der Waals surface area contributed by atoms with Crippen LogP contribution >= 0.6 is 0 Å². The van der Waals surface area contributed by atoms with Crippen molar-refractivity contribution in [2.75, 3.05) is 7.11 Å². The molecule has 0 amide bonds. The van der Waals surface area contributed by atoms with Crippen molar-refractivity contribution in [2.24, 2.45) is 5.41 Å². The number of rotatable bonds is 12. The minimum Gasteiger partial charge on any atom is -0.497 e. The Balaban J connectivity index is 1.64. The van der Waals surface area contributed by atoms with Gasteiger partial charge in [0.1, 0.15) is 18.2 Å². The number of benzene rings is 3. The molecule has 0 unspecified atom stereocenters. The van der Waals surface area contributed by atoms with Gasteiger partial charge in [0.25, 0.3) is 0 Å². The molecule has 0 radical (unpaired) electrons. The number of halogens is 2. The van der Waals surface area contributed by atoms with Gasteiger partial charge in [0.15, 0.2) is 11.6 Å². The zero-order chi connectivity index (χ0) is 27.4. The van der Waals surface area contributed by atoms with Crippen LogP contribution in [-0.4, -0.2) is 23.3 Å². The third-order valence-electron chi connectivity index (χ3n) is 7.46. The molecule has 3 aromatic carbocycles. The molecule has 1 aliphatic carbocycles. The average molecular weight is 525 g/mol. The van der Waals surface area contributed by atoms with E-state index in [9.17, 15) is 19.4 Å². The molecule has 1 fully saturated rings. The number of methoxy groups -OCH3 is 1. The number of aliphatic carboxylic acids is 1. The lowest BCUT2D eigenvalue weighted by atomic mass is 9.87. The molecule has 0 bridgehead atoms. The number of carboxylic acids is 1. The Labute approximate surface area is 222 Å². The fourth-order valence-electron chi connectivity index (χ4n) is 4.90. The van der Waals surface area contributed by atoms with Gasteiger partial charge >= 0.3 is 5.97 Å². The predicted octanol–water partition coefficient (Wildman–Crippen LogP) is 7.41. The van der Waals surface area contributed by atoms with Crippen molar-refractivity contribution in [3.8, 4) is 22.6 Å². The van der Waals surface area contributed by atoms with Crippen molar-refractivity contribution in [1.29, 1.82) is 0 Å². The van der Waals surface area contributed by atoms with Crippen molar-refractivity contribution in [3.05, 3.63) is 82.9 Å². The first kappa shape index (κ1) is 27.6. The van der Waals surface area contributed by atoms with E-state index in [0.29, 0.717) is 40.0 Å². The normalized spacial score (nSPS) is 15.5. The second-order valence-corrected chi connectivity index (χ2v) is 10.4. The van der Waals surface area contributed by atoms with Crippen molar-refractivity contribution < 1.29 is 33.3 Å². The van der Waals surface area contributed by atoms with Crippen LogP contribution in [0.5, 0.6) is 11.5 Å². The summed E-state index contributed by atoms with van der Waals surface area (Å²) in [6, 6.07) is 14.6. The molecule has 38 heavy (non-hydrogen) atoms. The number of carbonyl (C=O) groups is 1. The lowest BCUT2D eigenvalue weighted by Crippen LogP contribution is -2.12. The second kappa shape index (κ2) is 11.5. The lowest BCUT2D eigenvalue weighted by molar-refractivity contribution is -0.137. The van der Waals surface area contributed by atoms with E-state index in [0.717, 1.165) is 19.3 Å². The van der Waals surface area contributed by atoms with E-state index in [2.05, 4.69) is 0 Å². The van der Waals surface area contributed by atoms with E-state index in [1.54, 1.807) is 42.5 Å². The summed E-state index contributed by atoms with van der Waals surface area (Å²) in [4.78, 5) is 11.3. The highest BCUT2D eigenvalue weighted by Crippen LogP contribution is 2.55. The molecule has 202 valence electrons. The van der Waals surface area contributed by atoms with E-state index in [4.69, 9.17) is 9.47 Å². The summed E-state index contributed by atoms with van der Waals surface area (Å²) in [6.07, 6.45) is 2.04. The maximum absolute atomic E-state index is 15.4. The third kappa shape index (κ3) is 5.99. The SMILES string of the molecule is CCC[C@@H](CC(=O)O)c1cccc(OCc2ccc(-c3cc(OC)ccc3F)c([C@H](O)C3(C)CC3)c2)c1F. The number of aliphatic hydroxyl groups is 1. The Morgan fingerprint density at radius 2 is 1.82 bits per heavy atom. The van der Waals surface area contributed by atoms with E-state index in [1.807, 2.05) is 13.8 Å². The highest BCUT2D eigenvalue weighted by atomic mass is 19.1. The molecule has 3 aromatic rings. The van der Waals surface area contributed by atoms with Gasteiger partial charge in [-0.25, -0.2) is 8.78 Å². The summed E-state index contributed by atoms with van der Waals surface area (Å²) < 4.78 is 41.3. The highest BCUT2D eigenvalue weighted by molar-refractivity contribution is 5.71. The van der Waals surface area contributed by atoms with Gasteiger partial charge in [-0.05, 0) is 83.2 Å². The molecule has 0 heterocycles. The minimum atomic E-state index is -0.975. The van der Waals surface area contributed by atoms with Crippen LogP contribution in [0.15, 0.2) is 54.6 Å². The number of hydrogen-bond donors (Lipinski definition) is 2. The van der Waals surface area contributed by atoms with Crippen LogP contribution < -0.4 is 9.47 Å². The Kier molecular flexibility index (Phi) is 8.36. The molecule has 7 heteroatoms. The first-order valence-corrected chi connectivity index (χ1v) is 12.9. The molecule has 1 saturated carbocycles. The molecule has 5 nitrogen and oxygen atoms in total.